The van der Waals surface area contributed by atoms with Gasteiger partial charge in [-0.3, -0.25) is 9.36 Å². The topological polar surface area (TPSA) is 50.7 Å². The van der Waals surface area contributed by atoms with Gasteiger partial charge in [0.25, 0.3) is 5.56 Å². The molecule has 0 fully saturated rings. The predicted molar refractivity (Wildman–Crippen MR) is 132 cm³/mol. The van der Waals surface area contributed by atoms with Crippen molar-refractivity contribution in [3.05, 3.63) is 104 Å². The van der Waals surface area contributed by atoms with Crippen LogP contribution in [0.25, 0.3) is 39.6 Å². The van der Waals surface area contributed by atoms with Crippen LogP contribution in [0.2, 0.25) is 0 Å². The van der Waals surface area contributed by atoms with E-state index < -0.39 is 0 Å². The van der Waals surface area contributed by atoms with Crippen LogP contribution in [0.4, 0.5) is 0 Å². The molecule has 0 bridgehead atoms. The third-order valence-electron chi connectivity index (χ3n) is 5.25. The molecule has 4 nitrogen and oxygen atoms in total. The molecule has 146 valence electrons. The van der Waals surface area contributed by atoms with Gasteiger partial charge in [-0.15, -0.1) is 0 Å². The van der Waals surface area contributed by atoms with E-state index in [4.69, 9.17) is 4.98 Å². The molecule has 0 amide bonds. The minimum Gasteiger partial charge on any atom is -0.361 e. The van der Waals surface area contributed by atoms with Gasteiger partial charge >= 0.3 is 0 Å². The highest BCUT2D eigenvalue weighted by Crippen LogP contribution is 2.22. The quantitative estimate of drug-likeness (QED) is 0.310. The Morgan fingerprint density at radius 1 is 0.967 bits per heavy atom. The molecule has 0 atom stereocenters. The highest BCUT2D eigenvalue weighted by atomic mass is 127. The number of H-pyrrole nitrogens is 1. The molecule has 30 heavy (non-hydrogen) atoms. The van der Waals surface area contributed by atoms with Crippen LogP contribution in [-0.4, -0.2) is 14.5 Å². The normalized spacial score (nSPS) is 11.7. The van der Waals surface area contributed by atoms with Crippen molar-refractivity contribution in [1.29, 1.82) is 0 Å². The van der Waals surface area contributed by atoms with Crippen molar-refractivity contribution in [3.63, 3.8) is 0 Å². The number of aryl methyl sites for hydroxylation is 1. The van der Waals surface area contributed by atoms with E-state index in [1.165, 1.54) is 0 Å². The summed E-state index contributed by atoms with van der Waals surface area (Å²) in [5, 5.41) is 1.75. The molecule has 0 radical (unpaired) electrons. The summed E-state index contributed by atoms with van der Waals surface area (Å²) in [7, 11) is 0. The standard InChI is InChI=1S/C25H18IN3O/c1-16-6-2-5-9-23(16)29-24(28-22-12-11-18(26)14-20(22)25(29)30)13-10-17-15-27-21-8-4-3-7-19(17)21/h2-15,27H,1H3. The van der Waals surface area contributed by atoms with Crippen molar-refractivity contribution in [1.82, 2.24) is 14.5 Å². The van der Waals surface area contributed by atoms with Crippen LogP contribution in [0.15, 0.2) is 77.7 Å². The number of aromatic nitrogens is 3. The van der Waals surface area contributed by atoms with Gasteiger partial charge in [0, 0.05) is 20.7 Å². The molecule has 2 aromatic heterocycles. The van der Waals surface area contributed by atoms with Gasteiger partial charge in [-0.25, -0.2) is 4.98 Å². The van der Waals surface area contributed by atoms with Crippen molar-refractivity contribution in [3.8, 4) is 5.69 Å². The Bertz CT molecular complexity index is 1490. The molecule has 0 unspecified atom stereocenters. The molecule has 0 saturated heterocycles. The van der Waals surface area contributed by atoms with E-state index in [0.29, 0.717) is 16.7 Å². The lowest BCUT2D eigenvalue weighted by atomic mass is 10.1. The smallest absolute Gasteiger partial charge is 0.266 e. The first-order valence-electron chi connectivity index (χ1n) is 9.64. The van der Waals surface area contributed by atoms with E-state index in [0.717, 1.165) is 31.3 Å². The summed E-state index contributed by atoms with van der Waals surface area (Å²) < 4.78 is 2.72. The van der Waals surface area contributed by atoms with Crippen LogP contribution in [0.1, 0.15) is 17.0 Å². The number of benzene rings is 3. The summed E-state index contributed by atoms with van der Waals surface area (Å²) in [5.74, 6) is 0.605. The van der Waals surface area contributed by atoms with E-state index in [9.17, 15) is 4.79 Å². The molecule has 0 aliphatic carbocycles. The number of para-hydroxylation sites is 2. The molecule has 5 heteroatoms. The molecular weight excluding hydrogens is 485 g/mol. The van der Waals surface area contributed by atoms with Gasteiger partial charge in [-0.2, -0.15) is 0 Å². The summed E-state index contributed by atoms with van der Waals surface area (Å²) in [6, 6.07) is 21.8. The molecule has 0 saturated carbocycles. The Morgan fingerprint density at radius 2 is 1.77 bits per heavy atom. The van der Waals surface area contributed by atoms with Crippen molar-refractivity contribution in [2.45, 2.75) is 6.92 Å². The van der Waals surface area contributed by atoms with E-state index in [1.807, 2.05) is 85.9 Å². The van der Waals surface area contributed by atoms with Crippen molar-refractivity contribution >= 4 is 56.5 Å². The summed E-state index contributed by atoms with van der Waals surface area (Å²) in [4.78, 5) is 21.6. The van der Waals surface area contributed by atoms with Crippen molar-refractivity contribution in [2.24, 2.45) is 0 Å². The summed E-state index contributed by atoms with van der Waals surface area (Å²) in [6.45, 7) is 2.01. The number of hydrogen-bond acceptors (Lipinski definition) is 2. The largest absolute Gasteiger partial charge is 0.361 e. The van der Waals surface area contributed by atoms with E-state index in [-0.39, 0.29) is 5.56 Å². The van der Waals surface area contributed by atoms with Gasteiger partial charge in [0.1, 0.15) is 5.82 Å². The van der Waals surface area contributed by atoms with E-state index in [2.05, 4.69) is 33.6 Å². The van der Waals surface area contributed by atoms with Gasteiger partial charge in [0.05, 0.1) is 16.6 Å². The first-order valence-corrected chi connectivity index (χ1v) is 10.7. The van der Waals surface area contributed by atoms with Gasteiger partial charge in [-0.1, -0.05) is 36.4 Å². The molecule has 5 aromatic rings. The summed E-state index contributed by atoms with van der Waals surface area (Å²) in [5.41, 5.74) is 4.63. The first kappa shape index (κ1) is 18.8. The summed E-state index contributed by atoms with van der Waals surface area (Å²) in [6.07, 6.45) is 5.90. The number of hydrogen-bond donors (Lipinski definition) is 1. The number of rotatable bonds is 3. The Labute approximate surface area is 187 Å². The number of nitrogens with one attached hydrogen (secondary N) is 1. The molecular formula is C25H18IN3O. The molecule has 5 rings (SSSR count). The fourth-order valence-electron chi connectivity index (χ4n) is 3.73. The SMILES string of the molecule is Cc1ccccc1-n1c(C=Cc2c[nH]c3ccccc23)nc2ccc(I)cc2c1=O. The fraction of sp³-hybridized carbons (Fsp3) is 0.0400. The van der Waals surface area contributed by atoms with Crippen LogP contribution >= 0.6 is 22.6 Å². The third kappa shape index (κ3) is 3.25. The monoisotopic (exact) mass is 503 g/mol. The van der Waals surface area contributed by atoms with E-state index in [1.54, 1.807) is 4.57 Å². The lowest BCUT2D eigenvalue weighted by molar-refractivity contribution is 0.934. The first-order chi connectivity index (χ1) is 14.6. The Balaban J connectivity index is 1.76. The van der Waals surface area contributed by atoms with Crippen LogP contribution in [0.5, 0.6) is 0 Å². The summed E-state index contributed by atoms with van der Waals surface area (Å²) >= 11 is 2.22. The lowest BCUT2D eigenvalue weighted by Gasteiger charge is -2.13. The number of nitrogens with zero attached hydrogens (tertiary/aromatic N) is 2. The predicted octanol–water partition coefficient (Wildman–Crippen LogP) is 5.95. The maximum absolute atomic E-state index is 13.5. The maximum atomic E-state index is 13.5. The molecule has 0 aliphatic rings. The Morgan fingerprint density at radius 3 is 2.63 bits per heavy atom. The molecule has 3 aromatic carbocycles. The molecule has 1 N–H and O–H groups in total. The highest BCUT2D eigenvalue weighted by Gasteiger charge is 2.13. The van der Waals surface area contributed by atoms with Crippen molar-refractivity contribution in [2.75, 3.05) is 0 Å². The van der Waals surface area contributed by atoms with Gasteiger partial charge < -0.3 is 4.98 Å². The zero-order valence-electron chi connectivity index (χ0n) is 16.3. The molecule has 0 aliphatic heterocycles. The number of halogens is 1. The number of aromatic amines is 1. The second-order valence-electron chi connectivity index (χ2n) is 7.18. The van der Waals surface area contributed by atoms with Crippen LogP contribution in [0, 0.1) is 10.5 Å². The number of fused-ring (bicyclic) bond motifs is 2. The minimum atomic E-state index is -0.0635. The maximum Gasteiger partial charge on any atom is 0.266 e. The fourth-order valence-corrected chi connectivity index (χ4v) is 4.22. The second-order valence-corrected chi connectivity index (χ2v) is 8.43. The Hall–Kier alpha value is -3.19. The van der Waals surface area contributed by atoms with Crippen LogP contribution < -0.4 is 5.56 Å². The Kier molecular flexibility index (Phi) is 4.75. The van der Waals surface area contributed by atoms with Crippen LogP contribution in [-0.2, 0) is 0 Å². The van der Waals surface area contributed by atoms with Crippen molar-refractivity contribution < 1.29 is 0 Å². The molecule has 0 spiro atoms. The average Bonchev–Trinajstić information content (AvgIpc) is 3.17. The third-order valence-corrected chi connectivity index (χ3v) is 5.92. The zero-order valence-corrected chi connectivity index (χ0v) is 18.4. The van der Waals surface area contributed by atoms with Gasteiger partial charge in [0.2, 0.25) is 0 Å². The molecule has 2 heterocycles. The van der Waals surface area contributed by atoms with Gasteiger partial charge in [-0.05, 0) is 83.1 Å². The lowest BCUT2D eigenvalue weighted by Crippen LogP contribution is -2.23. The highest BCUT2D eigenvalue weighted by molar-refractivity contribution is 14.1. The second kappa shape index (κ2) is 7.57. The van der Waals surface area contributed by atoms with E-state index >= 15 is 0 Å². The average molecular weight is 503 g/mol. The minimum absolute atomic E-state index is 0.0635. The van der Waals surface area contributed by atoms with Crippen LogP contribution in [0.3, 0.4) is 0 Å². The zero-order chi connectivity index (χ0) is 20.7. The van der Waals surface area contributed by atoms with Gasteiger partial charge in [0.15, 0.2) is 0 Å².